The number of aliphatic carboxylic acids is 1. The highest BCUT2D eigenvalue weighted by molar-refractivity contribution is 5.95. The van der Waals surface area contributed by atoms with Crippen molar-refractivity contribution < 1.29 is 14.7 Å². The maximum atomic E-state index is 12.4. The Bertz CT molecular complexity index is 757. The number of carboxylic acids is 1. The molecule has 128 valence electrons. The van der Waals surface area contributed by atoms with E-state index in [1.54, 1.807) is 21.7 Å². The summed E-state index contributed by atoms with van der Waals surface area (Å²) in [5, 5.41) is 13.3. The Kier molecular flexibility index (Phi) is 5.23. The minimum Gasteiger partial charge on any atom is -0.481 e. The van der Waals surface area contributed by atoms with Crippen LogP contribution in [-0.4, -0.2) is 49.7 Å². The van der Waals surface area contributed by atoms with Crippen molar-refractivity contribution in [1.29, 1.82) is 0 Å². The number of halogens is 1. The monoisotopic (exact) mass is 350 g/mol. The van der Waals surface area contributed by atoms with E-state index >= 15 is 0 Å². The number of nitrogens with zero attached hydrogens (tertiary/aromatic N) is 4. The van der Waals surface area contributed by atoms with Crippen molar-refractivity contribution in [2.24, 2.45) is 5.92 Å². The first-order valence-corrected chi connectivity index (χ1v) is 7.48. The van der Waals surface area contributed by atoms with Gasteiger partial charge >= 0.3 is 5.97 Å². The zero-order valence-corrected chi connectivity index (χ0v) is 14.3. The molecule has 24 heavy (non-hydrogen) atoms. The molecule has 2 aromatic rings. The third kappa shape index (κ3) is 3.41. The lowest BCUT2D eigenvalue weighted by Gasteiger charge is -2.16. The molecule has 1 atom stereocenters. The van der Waals surface area contributed by atoms with Gasteiger partial charge in [0.2, 0.25) is 0 Å². The number of aryl methyl sites for hydroxylation is 2. The Morgan fingerprint density at radius 3 is 2.38 bits per heavy atom. The van der Waals surface area contributed by atoms with Crippen LogP contribution >= 0.6 is 12.4 Å². The number of hydrogen-bond donors (Lipinski definition) is 1. The van der Waals surface area contributed by atoms with Crippen molar-refractivity contribution in [3.05, 3.63) is 41.5 Å². The van der Waals surface area contributed by atoms with Crippen LogP contribution < -0.4 is 0 Å². The van der Waals surface area contributed by atoms with Crippen molar-refractivity contribution in [1.82, 2.24) is 19.7 Å². The third-order valence-corrected chi connectivity index (χ3v) is 4.06. The van der Waals surface area contributed by atoms with Crippen molar-refractivity contribution in [2.45, 2.75) is 20.3 Å². The fraction of sp³-hybridized carbons (Fsp3) is 0.375. The van der Waals surface area contributed by atoms with Gasteiger partial charge in [-0.05, 0) is 44.5 Å². The van der Waals surface area contributed by atoms with E-state index in [0.29, 0.717) is 24.4 Å². The zero-order valence-electron chi connectivity index (χ0n) is 13.5. The number of carbonyl (C=O) groups is 2. The van der Waals surface area contributed by atoms with Gasteiger partial charge in [-0.1, -0.05) is 0 Å². The van der Waals surface area contributed by atoms with E-state index in [0.717, 1.165) is 11.5 Å². The predicted molar refractivity (Wildman–Crippen MR) is 89.7 cm³/mol. The molecule has 0 spiro atoms. The van der Waals surface area contributed by atoms with Gasteiger partial charge in [0, 0.05) is 18.7 Å². The lowest BCUT2D eigenvalue weighted by atomic mass is 10.1. The summed E-state index contributed by atoms with van der Waals surface area (Å²) < 4.78 is 1.72. The molecule has 1 aliphatic heterocycles. The molecule has 1 unspecified atom stereocenters. The van der Waals surface area contributed by atoms with Crippen LogP contribution in [0.3, 0.4) is 0 Å². The van der Waals surface area contributed by atoms with E-state index in [1.807, 2.05) is 26.0 Å². The minimum atomic E-state index is -0.840. The summed E-state index contributed by atoms with van der Waals surface area (Å²) in [5.41, 5.74) is 1.39. The van der Waals surface area contributed by atoms with Crippen molar-refractivity contribution in [2.75, 3.05) is 13.1 Å². The summed E-state index contributed by atoms with van der Waals surface area (Å²) in [5.74, 6) is 0.0447. The number of aromatic nitrogens is 3. The summed E-state index contributed by atoms with van der Waals surface area (Å²) in [6.45, 7) is 4.46. The second kappa shape index (κ2) is 7.00. The molecule has 1 aromatic carbocycles. The summed E-state index contributed by atoms with van der Waals surface area (Å²) >= 11 is 0. The Morgan fingerprint density at radius 2 is 1.88 bits per heavy atom. The molecular weight excluding hydrogens is 332 g/mol. The first-order chi connectivity index (χ1) is 11.0. The predicted octanol–water partition coefficient (Wildman–Crippen LogP) is 1.85. The van der Waals surface area contributed by atoms with Crippen LogP contribution in [0.2, 0.25) is 0 Å². The molecule has 8 heteroatoms. The molecule has 0 radical (unpaired) electrons. The SMILES string of the molecule is Cc1nc(C)n(-c2ccc(C(=O)N3CCC(C(=O)O)C3)cc2)n1.Cl. The summed E-state index contributed by atoms with van der Waals surface area (Å²) in [7, 11) is 0. The molecule has 0 bridgehead atoms. The molecule has 7 nitrogen and oxygen atoms in total. The molecule has 1 aromatic heterocycles. The average molecular weight is 351 g/mol. The molecule has 1 N–H and O–H groups in total. The number of carboxylic acid groups (broad SMARTS) is 1. The van der Waals surface area contributed by atoms with Crippen LogP contribution in [0.4, 0.5) is 0 Å². The van der Waals surface area contributed by atoms with Crippen LogP contribution in [-0.2, 0) is 4.79 Å². The van der Waals surface area contributed by atoms with E-state index in [1.165, 1.54) is 0 Å². The fourth-order valence-electron chi connectivity index (χ4n) is 2.84. The first-order valence-electron chi connectivity index (χ1n) is 7.48. The van der Waals surface area contributed by atoms with Gasteiger partial charge in [-0.25, -0.2) is 9.67 Å². The minimum absolute atomic E-state index is 0. The fourth-order valence-corrected chi connectivity index (χ4v) is 2.84. The van der Waals surface area contributed by atoms with E-state index < -0.39 is 11.9 Å². The highest BCUT2D eigenvalue weighted by Gasteiger charge is 2.31. The van der Waals surface area contributed by atoms with Gasteiger partial charge in [-0.15, -0.1) is 12.4 Å². The number of amides is 1. The van der Waals surface area contributed by atoms with Gasteiger partial charge in [-0.2, -0.15) is 5.10 Å². The summed E-state index contributed by atoms with van der Waals surface area (Å²) in [6.07, 6.45) is 0.511. The molecular formula is C16H19ClN4O3. The normalized spacial score (nSPS) is 16.8. The average Bonchev–Trinajstić information content (AvgIpc) is 3.13. The van der Waals surface area contributed by atoms with Crippen molar-refractivity contribution >= 4 is 24.3 Å². The topological polar surface area (TPSA) is 88.3 Å². The second-order valence-corrected chi connectivity index (χ2v) is 5.74. The number of hydrogen-bond acceptors (Lipinski definition) is 4. The molecule has 0 aliphatic carbocycles. The molecule has 0 saturated carbocycles. The third-order valence-electron chi connectivity index (χ3n) is 4.06. The quantitative estimate of drug-likeness (QED) is 0.912. The van der Waals surface area contributed by atoms with Gasteiger partial charge in [0.1, 0.15) is 11.6 Å². The lowest BCUT2D eigenvalue weighted by molar-refractivity contribution is -0.141. The van der Waals surface area contributed by atoms with Crippen molar-refractivity contribution in [3.63, 3.8) is 0 Å². The van der Waals surface area contributed by atoms with Gasteiger partial charge < -0.3 is 10.0 Å². The largest absolute Gasteiger partial charge is 0.481 e. The Balaban J connectivity index is 0.00000208. The highest BCUT2D eigenvalue weighted by atomic mass is 35.5. The van der Waals surface area contributed by atoms with Crippen LogP contribution in [0.1, 0.15) is 28.4 Å². The van der Waals surface area contributed by atoms with E-state index in [4.69, 9.17) is 5.11 Å². The van der Waals surface area contributed by atoms with Crippen LogP contribution in [0.25, 0.3) is 5.69 Å². The number of likely N-dealkylation sites (tertiary alicyclic amines) is 1. The number of rotatable bonds is 3. The van der Waals surface area contributed by atoms with Gasteiger partial charge in [0.15, 0.2) is 0 Å². The van der Waals surface area contributed by atoms with Crippen molar-refractivity contribution in [3.8, 4) is 5.69 Å². The molecule has 1 fully saturated rings. The Hall–Kier alpha value is -2.41. The highest BCUT2D eigenvalue weighted by Crippen LogP contribution is 2.20. The molecule has 2 heterocycles. The number of carbonyl (C=O) groups excluding carboxylic acids is 1. The Labute approximate surface area is 145 Å². The second-order valence-electron chi connectivity index (χ2n) is 5.74. The molecule has 1 saturated heterocycles. The van der Waals surface area contributed by atoms with E-state index in [9.17, 15) is 9.59 Å². The van der Waals surface area contributed by atoms with Gasteiger partial charge in [-0.3, -0.25) is 9.59 Å². The van der Waals surface area contributed by atoms with E-state index in [-0.39, 0.29) is 24.9 Å². The molecule has 3 rings (SSSR count). The zero-order chi connectivity index (χ0) is 16.6. The smallest absolute Gasteiger partial charge is 0.308 e. The molecule has 1 amide bonds. The van der Waals surface area contributed by atoms with Gasteiger partial charge in [0.25, 0.3) is 5.91 Å². The number of benzene rings is 1. The maximum Gasteiger partial charge on any atom is 0.308 e. The summed E-state index contributed by atoms with van der Waals surface area (Å²) in [4.78, 5) is 29.3. The van der Waals surface area contributed by atoms with Crippen LogP contribution in [0.5, 0.6) is 0 Å². The van der Waals surface area contributed by atoms with Crippen LogP contribution in [0.15, 0.2) is 24.3 Å². The van der Waals surface area contributed by atoms with E-state index in [2.05, 4.69) is 10.1 Å². The Morgan fingerprint density at radius 1 is 1.21 bits per heavy atom. The standard InChI is InChI=1S/C16H18N4O3.ClH/c1-10-17-11(2)20(18-10)14-5-3-12(4-6-14)15(21)19-8-7-13(9-19)16(22)23;/h3-6,13H,7-9H2,1-2H3,(H,22,23);1H. The maximum absolute atomic E-state index is 12.4. The molecule has 1 aliphatic rings. The first kappa shape index (κ1) is 17.9. The summed E-state index contributed by atoms with van der Waals surface area (Å²) in [6, 6.07) is 7.11. The lowest BCUT2D eigenvalue weighted by Crippen LogP contribution is -2.29. The van der Waals surface area contributed by atoms with Gasteiger partial charge in [0.05, 0.1) is 11.6 Å². The van der Waals surface area contributed by atoms with Crippen LogP contribution in [0, 0.1) is 19.8 Å².